The molecule has 0 aliphatic rings. The van der Waals surface area contributed by atoms with Crippen LogP contribution in [0.25, 0.3) is 0 Å². The van der Waals surface area contributed by atoms with Crippen LogP contribution in [0.3, 0.4) is 0 Å². The molecule has 0 amide bonds. The molecule has 1 aromatic rings. The van der Waals surface area contributed by atoms with Crippen molar-refractivity contribution in [2.75, 3.05) is 0 Å². The largest absolute Gasteiger partial charge is 0.373 e. The van der Waals surface area contributed by atoms with Gasteiger partial charge in [0.1, 0.15) is 5.56 Å². The van der Waals surface area contributed by atoms with Crippen molar-refractivity contribution < 1.29 is 13.7 Å². The van der Waals surface area contributed by atoms with Crippen LogP contribution in [0.2, 0.25) is 0 Å². The van der Waals surface area contributed by atoms with Gasteiger partial charge in [0.15, 0.2) is 0 Å². The Bertz CT molecular complexity index is 384. The molecule has 0 fully saturated rings. The van der Waals surface area contributed by atoms with E-state index in [1.807, 2.05) is 0 Å². The second kappa shape index (κ2) is 3.95. The number of aromatic nitrogens is 1. The topological polar surface area (TPSA) is 56.0 Å². The summed E-state index contributed by atoms with van der Waals surface area (Å²) in [7, 11) is 0. The maximum atomic E-state index is 12.4. The van der Waals surface area contributed by atoms with Crippen molar-refractivity contribution in [3.63, 3.8) is 0 Å². The first-order chi connectivity index (χ1) is 6.43. The van der Waals surface area contributed by atoms with E-state index in [1.54, 1.807) is 0 Å². The predicted molar refractivity (Wildman–Crippen MR) is 48.3 cm³/mol. The fourth-order valence-electron chi connectivity index (χ4n) is 1.04. The highest BCUT2D eigenvalue weighted by molar-refractivity contribution is 9.10. The number of halogens is 3. The van der Waals surface area contributed by atoms with Crippen molar-refractivity contribution in [1.29, 1.82) is 0 Å². The van der Waals surface area contributed by atoms with Gasteiger partial charge in [-0.25, -0.2) is 8.78 Å². The summed E-state index contributed by atoms with van der Waals surface area (Å²) >= 11 is 2.90. The van der Waals surface area contributed by atoms with E-state index in [0.29, 0.717) is 0 Å². The van der Waals surface area contributed by atoms with Gasteiger partial charge in [-0.15, -0.1) is 0 Å². The molecule has 0 bridgehead atoms. The maximum absolute atomic E-state index is 12.4. The zero-order valence-electron chi connectivity index (χ0n) is 7.00. The van der Waals surface area contributed by atoms with Gasteiger partial charge in [-0.3, -0.25) is 0 Å². The molecule has 0 atom stereocenters. The molecule has 0 saturated heterocycles. The molecule has 0 aliphatic heterocycles. The first-order valence-corrected chi connectivity index (χ1v) is 4.32. The Hall–Kier alpha value is -1.11. The van der Waals surface area contributed by atoms with Gasteiger partial charge in [-0.05, 0) is 22.4 Å². The molecule has 0 radical (unpaired) electrons. The zero-order chi connectivity index (χ0) is 10.9. The van der Waals surface area contributed by atoms with Gasteiger partial charge in [-0.1, -0.05) is 0 Å². The predicted octanol–water partition coefficient (Wildman–Crippen LogP) is 3.00. The lowest BCUT2D eigenvalue weighted by Crippen LogP contribution is -2.02. The fourth-order valence-corrected chi connectivity index (χ4v) is 1.55. The first-order valence-electron chi connectivity index (χ1n) is 3.53. The van der Waals surface area contributed by atoms with Crippen LogP contribution in [0, 0.1) is 17.0 Å². The van der Waals surface area contributed by atoms with E-state index in [4.69, 9.17) is 0 Å². The Morgan fingerprint density at radius 3 is 2.64 bits per heavy atom. The monoisotopic (exact) mass is 266 g/mol. The molecule has 14 heavy (non-hydrogen) atoms. The second-order valence-electron chi connectivity index (χ2n) is 2.56. The third kappa shape index (κ3) is 2.03. The minimum atomic E-state index is -2.89. The van der Waals surface area contributed by atoms with Crippen molar-refractivity contribution in [2.24, 2.45) is 0 Å². The van der Waals surface area contributed by atoms with Gasteiger partial charge in [0.25, 0.3) is 6.43 Å². The lowest BCUT2D eigenvalue weighted by Gasteiger charge is -2.04. The van der Waals surface area contributed by atoms with Crippen LogP contribution in [0.15, 0.2) is 10.7 Å². The van der Waals surface area contributed by atoms with Crippen molar-refractivity contribution in [3.8, 4) is 0 Å². The van der Waals surface area contributed by atoms with E-state index in [1.165, 1.54) is 13.0 Å². The Morgan fingerprint density at radius 2 is 2.21 bits per heavy atom. The van der Waals surface area contributed by atoms with Crippen LogP contribution in [0.4, 0.5) is 14.6 Å². The molecule has 1 rings (SSSR count). The molecule has 0 aromatic carbocycles. The smallest absolute Gasteiger partial charge is 0.358 e. The number of nitro groups is 1. The average Bonchev–Trinajstić information content (AvgIpc) is 2.01. The summed E-state index contributed by atoms with van der Waals surface area (Å²) in [6.07, 6.45) is -2.89. The van der Waals surface area contributed by atoms with Crippen LogP contribution in [0.1, 0.15) is 17.6 Å². The fraction of sp³-hybridized carbons (Fsp3) is 0.286. The summed E-state index contributed by atoms with van der Waals surface area (Å²) < 4.78 is 25.0. The molecule has 7 heteroatoms. The summed E-state index contributed by atoms with van der Waals surface area (Å²) in [6, 6.07) is 1.31. The molecule has 1 heterocycles. The molecule has 76 valence electrons. The maximum Gasteiger partial charge on any atom is 0.373 e. The summed E-state index contributed by atoms with van der Waals surface area (Å²) in [4.78, 5) is 12.9. The summed E-state index contributed by atoms with van der Waals surface area (Å²) in [5.74, 6) is -0.799. The van der Waals surface area contributed by atoms with E-state index < -0.39 is 22.7 Å². The van der Waals surface area contributed by atoms with E-state index in [-0.39, 0.29) is 10.2 Å². The van der Waals surface area contributed by atoms with Crippen molar-refractivity contribution in [3.05, 3.63) is 31.9 Å². The number of aryl methyl sites for hydroxylation is 1. The Balaban J connectivity index is 3.44. The van der Waals surface area contributed by atoms with Gasteiger partial charge in [0, 0.05) is 22.0 Å². The van der Waals surface area contributed by atoms with Crippen LogP contribution >= 0.6 is 15.9 Å². The summed E-state index contributed by atoms with van der Waals surface area (Å²) in [5.41, 5.74) is -0.480. The van der Waals surface area contributed by atoms with Crippen LogP contribution in [-0.4, -0.2) is 9.91 Å². The molecule has 0 aliphatic carbocycles. The highest BCUT2D eigenvalue weighted by Crippen LogP contribution is 2.31. The highest BCUT2D eigenvalue weighted by atomic mass is 79.9. The van der Waals surface area contributed by atoms with E-state index >= 15 is 0 Å². The van der Waals surface area contributed by atoms with Crippen molar-refractivity contribution >= 4 is 21.7 Å². The number of nitrogens with zero attached hydrogens (tertiary/aromatic N) is 2. The molecule has 1 aromatic heterocycles. The molecule has 4 nitrogen and oxygen atoms in total. The Labute approximate surface area is 86.2 Å². The van der Waals surface area contributed by atoms with Gasteiger partial charge in [0.05, 0.1) is 0 Å². The van der Waals surface area contributed by atoms with Crippen LogP contribution < -0.4 is 0 Å². The molecule has 0 saturated carbocycles. The Kier molecular flexibility index (Phi) is 3.10. The minimum Gasteiger partial charge on any atom is -0.358 e. The summed E-state index contributed by atoms with van der Waals surface area (Å²) in [6.45, 7) is 1.38. The van der Waals surface area contributed by atoms with Crippen LogP contribution in [-0.2, 0) is 0 Å². The quantitative estimate of drug-likeness (QED) is 0.470. The normalized spacial score (nSPS) is 10.6. The molecular formula is C7H5BrF2N2O2. The van der Waals surface area contributed by atoms with Crippen molar-refractivity contribution in [2.45, 2.75) is 13.3 Å². The van der Waals surface area contributed by atoms with Crippen LogP contribution in [0.5, 0.6) is 0 Å². The third-order valence-electron chi connectivity index (χ3n) is 1.61. The van der Waals surface area contributed by atoms with Crippen molar-refractivity contribution in [1.82, 2.24) is 4.98 Å². The molecule has 0 spiro atoms. The third-order valence-corrected chi connectivity index (χ3v) is 2.01. The second-order valence-corrected chi connectivity index (χ2v) is 3.37. The zero-order valence-corrected chi connectivity index (χ0v) is 8.59. The number of hydrogen-bond donors (Lipinski definition) is 0. The molecule has 0 unspecified atom stereocenters. The van der Waals surface area contributed by atoms with Gasteiger partial charge < -0.3 is 10.1 Å². The van der Waals surface area contributed by atoms with Gasteiger partial charge >= 0.3 is 5.82 Å². The van der Waals surface area contributed by atoms with E-state index in [2.05, 4.69) is 20.9 Å². The lowest BCUT2D eigenvalue weighted by atomic mass is 10.1. The molecular weight excluding hydrogens is 262 g/mol. The highest BCUT2D eigenvalue weighted by Gasteiger charge is 2.26. The summed E-state index contributed by atoms with van der Waals surface area (Å²) in [5, 5.41) is 10.4. The molecule has 0 N–H and O–H groups in total. The SMILES string of the molecule is Cc1cc(Br)nc([N+](=O)[O-])c1C(F)F. The first kappa shape index (κ1) is 11.0. The average molecular weight is 267 g/mol. The van der Waals surface area contributed by atoms with E-state index in [0.717, 1.165) is 0 Å². The number of hydrogen-bond acceptors (Lipinski definition) is 3. The van der Waals surface area contributed by atoms with Gasteiger partial charge in [-0.2, -0.15) is 0 Å². The minimum absolute atomic E-state index is 0.147. The van der Waals surface area contributed by atoms with Gasteiger partial charge in [0.2, 0.25) is 4.60 Å². The number of rotatable bonds is 2. The Morgan fingerprint density at radius 1 is 1.64 bits per heavy atom. The lowest BCUT2D eigenvalue weighted by molar-refractivity contribution is -0.391. The number of pyridine rings is 1. The standard InChI is InChI=1S/C7H5BrF2N2O2/c1-3-2-4(8)11-7(12(13)14)5(3)6(9)10/h2,6H,1H3. The number of alkyl halides is 2. The van der Waals surface area contributed by atoms with E-state index in [9.17, 15) is 18.9 Å².